The highest BCUT2D eigenvalue weighted by Gasteiger charge is 2.29. The summed E-state index contributed by atoms with van der Waals surface area (Å²) < 4.78 is 4.88. The fraction of sp³-hybridized carbons (Fsp3) is 0.867. The summed E-state index contributed by atoms with van der Waals surface area (Å²) in [6, 6.07) is 0.699. The lowest BCUT2D eigenvalue weighted by molar-refractivity contribution is -0.131. The first-order valence-corrected chi connectivity index (χ1v) is 9.41. The number of amides is 2. The number of carbonyl (C=O) groups is 2. The van der Waals surface area contributed by atoms with Crippen LogP contribution in [0.1, 0.15) is 19.3 Å². The standard InChI is InChI=1S/C15H25N3O3S/c19-14(12-18-8-9-21-15(18)20)17-5-1-4-16(6-7-17)13-2-10-22-11-3-13/h13H,1-12H2. The van der Waals surface area contributed by atoms with Crippen molar-refractivity contribution in [3.8, 4) is 0 Å². The molecule has 7 heteroatoms. The van der Waals surface area contributed by atoms with Gasteiger partial charge in [0.1, 0.15) is 13.2 Å². The first-order valence-electron chi connectivity index (χ1n) is 8.25. The molecule has 2 amide bonds. The fourth-order valence-electron chi connectivity index (χ4n) is 3.43. The van der Waals surface area contributed by atoms with Crippen LogP contribution >= 0.6 is 11.8 Å². The molecule has 3 aliphatic rings. The van der Waals surface area contributed by atoms with Crippen molar-refractivity contribution in [3.05, 3.63) is 0 Å². The number of thioether (sulfide) groups is 1. The highest BCUT2D eigenvalue weighted by atomic mass is 32.2. The Balaban J connectivity index is 1.49. The van der Waals surface area contributed by atoms with Crippen molar-refractivity contribution < 1.29 is 14.3 Å². The molecule has 0 aliphatic carbocycles. The molecule has 124 valence electrons. The molecule has 0 unspecified atom stereocenters. The van der Waals surface area contributed by atoms with E-state index in [1.165, 1.54) is 29.2 Å². The summed E-state index contributed by atoms with van der Waals surface area (Å²) in [6.45, 7) is 4.74. The summed E-state index contributed by atoms with van der Waals surface area (Å²) >= 11 is 2.05. The van der Waals surface area contributed by atoms with E-state index in [1.807, 2.05) is 4.90 Å². The lowest BCUT2D eigenvalue weighted by Gasteiger charge is -2.33. The largest absolute Gasteiger partial charge is 0.448 e. The summed E-state index contributed by atoms with van der Waals surface area (Å²) in [7, 11) is 0. The van der Waals surface area contributed by atoms with E-state index < -0.39 is 0 Å². The maximum Gasteiger partial charge on any atom is 0.410 e. The van der Waals surface area contributed by atoms with Gasteiger partial charge in [0.25, 0.3) is 0 Å². The summed E-state index contributed by atoms with van der Waals surface area (Å²) in [6.07, 6.45) is 3.22. The van der Waals surface area contributed by atoms with Crippen molar-refractivity contribution in [2.24, 2.45) is 0 Å². The second kappa shape index (κ2) is 7.55. The van der Waals surface area contributed by atoms with Crippen LogP contribution in [0.25, 0.3) is 0 Å². The molecule has 3 rings (SSSR count). The molecule has 0 radical (unpaired) electrons. The third-order valence-electron chi connectivity index (χ3n) is 4.76. The Kier molecular flexibility index (Phi) is 5.46. The smallest absolute Gasteiger partial charge is 0.410 e. The molecule has 0 N–H and O–H groups in total. The van der Waals surface area contributed by atoms with Crippen molar-refractivity contribution in [1.29, 1.82) is 0 Å². The number of hydrogen-bond donors (Lipinski definition) is 0. The van der Waals surface area contributed by atoms with Gasteiger partial charge >= 0.3 is 6.09 Å². The van der Waals surface area contributed by atoms with E-state index in [-0.39, 0.29) is 18.5 Å². The van der Waals surface area contributed by atoms with Gasteiger partial charge in [-0.05, 0) is 30.8 Å². The van der Waals surface area contributed by atoms with E-state index in [9.17, 15) is 9.59 Å². The molecular formula is C15H25N3O3S. The van der Waals surface area contributed by atoms with Crippen LogP contribution in [0.2, 0.25) is 0 Å². The molecule has 3 heterocycles. The van der Waals surface area contributed by atoms with Crippen molar-refractivity contribution >= 4 is 23.8 Å². The number of rotatable bonds is 3. The monoisotopic (exact) mass is 327 g/mol. The predicted octanol–water partition coefficient (Wildman–Crippen LogP) is 0.869. The van der Waals surface area contributed by atoms with Crippen molar-refractivity contribution in [3.63, 3.8) is 0 Å². The first kappa shape index (κ1) is 15.9. The lowest BCUT2D eigenvalue weighted by atomic mass is 10.1. The van der Waals surface area contributed by atoms with Crippen LogP contribution in [0, 0.1) is 0 Å². The number of nitrogens with zero attached hydrogens (tertiary/aromatic N) is 3. The van der Waals surface area contributed by atoms with Gasteiger partial charge in [-0.15, -0.1) is 0 Å². The topological polar surface area (TPSA) is 53.1 Å². The molecule has 0 aromatic carbocycles. The summed E-state index contributed by atoms with van der Waals surface area (Å²) in [5.74, 6) is 2.58. The maximum atomic E-state index is 12.4. The van der Waals surface area contributed by atoms with Gasteiger partial charge in [-0.2, -0.15) is 11.8 Å². The Hall–Kier alpha value is -0.950. The Bertz CT molecular complexity index is 415. The number of cyclic esters (lactones) is 1. The van der Waals surface area contributed by atoms with Gasteiger partial charge in [-0.25, -0.2) is 4.79 Å². The van der Waals surface area contributed by atoms with Crippen LogP contribution in [0.3, 0.4) is 0 Å². The molecule has 3 fully saturated rings. The molecule has 22 heavy (non-hydrogen) atoms. The highest BCUT2D eigenvalue weighted by molar-refractivity contribution is 7.99. The SMILES string of the molecule is O=C(CN1CCOC1=O)N1CCCN(C2CCSCC2)CC1. The van der Waals surface area contributed by atoms with Crippen LogP contribution in [-0.4, -0.2) is 90.1 Å². The molecule has 0 spiro atoms. The molecule has 3 aliphatic heterocycles. The number of carbonyl (C=O) groups excluding carboxylic acids is 2. The van der Waals surface area contributed by atoms with E-state index in [2.05, 4.69) is 16.7 Å². The van der Waals surface area contributed by atoms with E-state index in [4.69, 9.17) is 4.74 Å². The minimum absolute atomic E-state index is 0.0555. The van der Waals surface area contributed by atoms with Crippen LogP contribution in [0.15, 0.2) is 0 Å². The van der Waals surface area contributed by atoms with E-state index in [1.54, 1.807) is 0 Å². The fourth-order valence-corrected chi connectivity index (χ4v) is 4.52. The van der Waals surface area contributed by atoms with E-state index in [0.717, 1.165) is 32.6 Å². The van der Waals surface area contributed by atoms with Gasteiger partial charge < -0.3 is 9.64 Å². The Labute approximate surface area is 136 Å². The quantitative estimate of drug-likeness (QED) is 0.770. The van der Waals surface area contributed by atoms with Crippen LogP contribution < -0.4 is 0 Å². The Morgan fingerprint density at radius 3 is 2.68 bits per heavy atom. The molecule has 6 nitrogen and oxygen atoms in total. The summed E-state index contributed by atoms with van der Waals surface area (Å²) in [5, 5.41) is 0. The maximum absolute atomic E-state index is 12.4. The highest BCUT2D eigenvalue weighted by Crippen LogP contribution is 2.22. The van der Waals surface area contributed by atoms with E-state index in [0.29, 0.717) is 19.2 Å². The van der Waals surface area contributed by atoms with Gasteiger partial charge in [0, 0.05) is 32.2 Å². The second-order valence-corrected chi connectivity index (χ2v) is 7.37. The summed E-state index contributed by atoms with van der Waals surface area (Å²) in [5.41, 5.74) is 0. The van der Waals surface area contributed by atoms with Crippen LogP contribution in [0.5, 0.6) is 0 Å². The van der Waals surface area contributed by atoms with Crippen LogP contribution in [0.4, 0.5) is 4.79 Å². The zero-order chi connectivity index (χ0) is 15.4. The number of hydrogen-bond acceptors (Lipinski definition) is 5. The molecule has 0 aromatic heterocycles. The van der Waals surface area contributed by atoms with Gasteiger partial charge in [0.15, 0.2) is 0 Å². The van der Waals surface area contributed by atoms with Gasteiger partial charge in [0.05, 0.1) is 6.54 Å². The number of ether oxygens (including phenoxy) is 1. The molecule has 0 bridgehead atoms. The zero-order valence-corrected chi connectivity index (χ0v) is 13.9. The predicted molar refractivity (Wildman–Crippen MR) is 86.0 cm³/mol. The van der Waals surface area contributed by atoms with Gasteiger partial charge in [-0.3, -0.25) is 14.6 Å². The second-order valence-electron chi connectivity index (χ2n) is 6.15. The lowest BCUT2D eigenvalue weighted by Crippen LogP contribution is -2.44. The third-order valence-corrected chi connectivity index (χ3v) is 5.81. The first-order chi connectivity index (χ1) is 10.7. The molecule has 0 aromatic rings. The van der Waals surface area contributed by atoms with Crippen molar-refractivity contribution in [1.82, 2.24) is 14.7 Å². The molecular weight excluding hydrogens is 302 g/mol. The third kappa shape index (κ3) is 3.87. The van der Waals surface area contributed by atoms with Crippen molar-refractivity contribution in [2.75, 3.05) is 57.4 Å². The zero-order valence-electron chi connectivity index (χ0n) is 13.0. The van der Waals surface area contributed by atoms with E-state index >= 15 is 0 Å². The van der Waals surface area contributed by atoms with Gasteiger partial charge in [-0.1, -0.05) is 0 Å². The van der Waals surface area contributed by atoms with Crippen LogP contribution in [-0.2, 0) is 9.53 Å². The molecule has 0 saturated carbocycles. The summed E-state index contributed by atoms with van der Waals surface area (Å²) in [4.78, 5) is 29.8. The molecule has 3 saturated heterocycles. The normalized spacial score (nSPS) is 25.2. The minimum atomic E-state index is -0.357. The minimum Gasteiger partial charge on any atom is -0.448 e. The average Bonchev–Trinajstić information content (AvgIpc) is 2.80. The van der Waals surface area contributed by atoms with Gasteiger partial charge in [0.2, 0.25) is 5.91 Å². The van der Waals surface area contributed by atoms with Crippen molar-refractivity contribution in [2.45, 2.75) is 25.3 Å². The Morgan fingerprint density at radius 1 is 1.14 bits per heavy atom. The molecule has 0 atom stereocenters. The Morgan fingerprint density at radius 2 is 1.95 bits per heavy atom. The average molecular weight is 327 g/mol.